The van der Waals surface area contributed by atoms with E-state index in [0.717, 1.165) is 5.69 Å². The van der Waals surface area contributed by atoms with Gasteiger partial charge in [0.25, 0.3) is 0 Å². The molecule has 100 valence electrons. The topological polar surface area (TPSA) is 48.2 Å². The van der Waals surface area contributed by atoms with Gasteiger partial charge in [-0.3, -0.25) is 5.32 Å². The van der Waals surface area contributed by atoms with E-state index in [1.807, 2.05) is 54.7 Å². The normalized spacial score (nSPS) is 12.5. The van der Waals surface area contributed by atoms with Gasteiger partial charge in [-0.1, -0.05) is 60.3 Å². The lowest BCUT2D eigenvalue weighted by molar-refractivity contribution is 1.10. The van der Waals surface area contributed by atoms with Crippen molar-refractivity contribution in [3.8, 4) is 6.19 Å². The Morgan fingerprint density at radius 2 is 1.70 bits per heavy atom. The van der Waals surface area contributed by atoms with Crippen LogP contribution in [-0.4, -0.2) is 5.17 Å². The van der Waals surface area contributed by atoms with Gasteiger partial charge in [0.2, 0.25) is 0 Å². The summed E-state index contributed by atoms with van der Waals surface area (Å²) in [5.41, 5.74) is 2.04. The number of rotatable bonds is 3. The van der Waals surface area contributed by atoms with Crippen LogP contribution in [-0.2, 0) is 0 Å². The predicted molar refractivity (Wildman–Crippen MR) is 84.7 cm³/mol. The summed E-state index contributed by atoms with van der Waals surface area (Å²) >= 11 is 1.53. The largest absolute Gasteiger partial charge is 0.271 e. The first kappa shape index (κ1) is 14.2. The molecular formula is C16H15N3S. The van der Waals surface area contributed by atoms with Crippen LogP contribution < -0.4 is 5.32 Å². The maximum atomic E-state index is 8.84. The molecule has 20 heavy (non-hydrogen) atoms. The van der Waals surface area contributed by atoms with Crippen molar-refractivity contribution in [3.05, 3.63) is 66.2 Å². The Bertz CT molecular complexity index is 603. The lowest BCUT2D eigenvalue weighted by Crippen LogP contribution is -2.14. The number of para-hydroxylation sites is 1. The van der Waals surface area contributed by atoms with Crippen LogP contribution in [0, 0.1) is 11.5 Å². The van der Waals surface area contributed by atoms with Crippen molar-refractivity contribution in [2.24, 2.45) is 4.99 Å². The Balaban J connectivity index is 2.14. The van der Waals surface area contributed by atoms with Crippen LogP contribution >= 0.6 is 11.8 Å². The summed E-state index contributed by atoms with van der Waals surface area (Å²) < 4.78 is 0. The molecule has 0 fully saturated rings. The lowest BCUT2D eigenvalue weighted by Gasteiger charge is -2.12. The average molecular weight is 281 g/mol. The summed E-state index contributed by atoms with van der Waals surface area (Å²) in [5, 5.41) is 12.3. The second-order valence-corrected chi connectivity index (χ2v) is 5.49. The number of hydrogen-bond acceptors (Lipinski definition) is 3. The monoisotopic (exact) mass is 281 g/mol. The Kier molecular flexibility index (Phi) is 5.22. The van der Waals surface area contributed by atoms with E-state index >= 15 is 0 Å². The highest BCUT2D eigenvalue weighted by Crippen LogP contribution is 2.29. The van der Waals surface area contributed by atoms with Crippen molar-refractivity contribution in [1.82, 2.24) is 5.32 Å². The van der Waals surface area contributed by atoms with Crippen LogP contribution in [0.25, 0.3) is 0 Å². The molecule has 0 bridgehead atoms. The second-order valence-electron chi connectivity index (χ2n) is 4.16. The highest BCUT2D eigenvalue weighted by Gasteiger charge is 2.10. The fraction of sp³-hybridized carbons (Fsp3) is 0.125. The van der Waals surface area contributed by atoms with E-state index in [2.05, 4.69) is 29.4 Å². The Labute approximate surface area is 123 Å². The number of amidine groups is 1. The average Bonchev–Trinajstić information content (AvgIpc) is 2.49. The number of hydrogen-bond donors (Lipinski definition) is 1. The van der Waals surface area contributed by atoms with Gasteiger partial charge < -0.3 is 0 Å². The van der Waals surface area contributed by atoms with Crippen LogP contribution in [0.15, 0.2) is 65.7 Å². The molecule has 4 heteroatoms. The van der Waals surface area contributed by atoms with Gasteiger partial charge in [-0.2, -0.15) is 5.26 Å². The Hall–Kier alpha value is -2.25. The molecule has 1 atom stereocenters. The smallest absolute Gasteiger partial charge is 0.183 e. The first-order valence-electron chi connectivity index (χ1n) is 6.30. The summed E-state index contributed by atoms with van der Waals surface area (Å²) in [6.07, 6.45) is 1.94. The molecule has 3 nitrogen and oxygen atoms in total. The SMILES string of the molecule is C[C@H](SC(=Nc1ccccc1)NC#N)c1ccccc1. The molecule has 2 aromatic carbocycles. The van der Waals surface area contributed by atoms with Gasteiger partial charge in [-0.05, 0) is 24.6 Å². The van der Waals surface area contributed by atoms with Crippen molar-refractivity contribution in [1.29, 1.82) is 5.26 Å². The molecule has 0 unspecified atom stereocenters. The fourth-order valence-electron chi connectivity index (χ4n) is 1.71. The standard InChI is InChI=1S/C16H15N3S/c1-13(14-8-4-2-5-9-14)20-16(18-12-17)19-15-10-6-3-7-11-15/h2-11,13H,1H3,(H,18,19)/t13-/m0/s1. The number of benzene rings is 2. The van der Waals surface area contributed by atoms with Gasteiger partial charge in [0, 0.05) is 5.25 Å². The van der Waals surface area contributed by atoms with Crippen molar-refractivity contribution in [3.63, 3.8) is 0 Å². The summed E-state index contributed by atoms with van der Waals surface area (Å²) in [6.45, 7) is 2.10. The molecule has 0 saturated carbocycles. The summed E-state index contributed by atoms with van der Waals surface area (Å²) in [4.78, 5) is 4.46. The number of nitriles is 1. The molecule has 0 amide bonds. The molecular weight excluding hydrogens is 266 g/mol. The van der Waals surface area contributed by atoms with E-state index in [-0.39, 0.29) is 5.25 Å². The molecule has 0 aliphatic carbocycles. The zero-order valence-electron chi connectivity index (χ0n) is 11.2. The third kappa shape index (κ3) is 4.15. The minimum Gasteiger partial charge on any atom is -0.271 e. The third-order valence-electron chi connectivity index (χ3n) is 2.71. The zero-order valence-corrected chi connectivity index (χ0v) is 12.0. The fourth-order valence-corrected chi connectivity index (χ4v) is 2.60. The van der Waals surface area contributed by atoms with E-state index in [1.54, 1.807) is 0 Å². The van der Waals surface area contributed by atoms with Crippen molar-refractivity contribution in [2.45, 2.75) is 12.2 Å². The Morgan fingerprint density at radius 3 is 2.30 bits per heavy atom. The molecule has 2 rings (SSSR count). The van der Waals surface area contributed by atoms with Gasteiger partial charge in [-0.25, -0.2) is 4.99 Å². The number of thioether (sulfide) groups is 1. The molecule has 0 spiro atoms. The molecule has 2 aromatic rings. The van der Waals surface area contributed by atoms with Gasteiger partial charge >= 0.3 is 0 Å². The highest BCUT2D eigenvalue weighted by molar-refractivity contribution is 8.14. The molecule has 0 aliphatic heterocycles. The quantitative estimate of drug-likeness (QED) is 0.396. The minimum atomic E-state index is 0.222. The van der Waals surface area contributed by atoms with Crippen LogP contribution in [0.1, 0.15) is 17.7 Å². The lowest BCUT2D eigenvalue weighted by atomic mass is 10.2. The van der Waals surface area contributed by atoms with Crippen LogP contribution in [0.2, 0.25) is 0 Å². The first-order valence-corrected chi connectivity index (χ1v) is 7.18. The first-order chi connectivity index (χ1) is 9.79. The highest BCUT2D eigenvalue weighted by atomic mass is 32.2. The van der Waals surface area contributed by atoms with Gasteiger partial charge in [0.05, 0.1) is 5.69 Å². The van der Waals surface area contributed by atoms with Crippen LogP contribution in [0.3, 0.4) is 0 Å². The van der Waals surface area contributed by atoms with Gasteiger partial charge in [0.1, 0.15) is 0 Å². The molecule has 0 saturated heterocycles. The van der Waals surface area contributed by atoms with Gasteiger partial charge in [0.15, 0.2) is 11.4 Å². The van der Waals surface area contributed by atoms with Crippen molar-refractivity contribution in [2.75, 3.05) is 0 Å². The van der Waals surface area contributed by atoms with Crippen LogP contribution in [0.5, 0.6) is 0 Å². The molecule has 0 aliphatic rings. The summed E-state index contributed by atoms with van der Waals surface area (Å²) in [7, 11) is 0. The molecule has 1 N–H and O–H groups in total. The summed E-state index contributed by atoms with van der Waals surface area (Å²) in [6, 6.07) is 19.8. The van der Waals surface area contributed by atoms with E-state index in [9.17, 15) is 0 Å². The minimum absolute atomic E-state index is 0.222. The van der Waals surface area contributed by atoms with E-state index in [4.69, 9.17) is 5.26 Å². The second kappa shape index (κ2) is 7.37. The van der Waals surface area contributed by atoms with E-state index in [0.29, 0.717) is 5.17 Å². The van der Waals surface area contributed by atoms with E-state index < -0.39 is 0 Å². The number of nitrogens with zero attached hydrogens (tertiary/aromatic N) is 2. The number of nitrogens with one attached hydrogen (secondary N) is 1. The maximum absolute atomic E-state index is 8.84. The molecule has 0 radical (unpaired) electrons. The van der Waals surface area contributed by atoms with Gasteiger partial charge in [-0.15, -0.1) is 0 Å². The Morgan fingerprint density at radius 1 is 1.10 bits per heavy atom. The summed E-state index contributed by atoms with van der Waals surface area (Å²) in [5.74, 6) is 0. The van der Waals surface area contributed by atoms with Crippen molar-refractivity contribution < 1.29 is 0 Å². The van der Waals surface area contributed by atoms with Crippen molar-refractivity contribution >= 4 is 22.6 Å². The van der Waals surface area contributed by atoms with Crippen LogP contribution in [0.4, 0.5) is 5.69 Å². The third-order valence-corrected chi connectivity index (χ3v) is 3.75. The maximum Gasteiger partial charge on any atom is 0.183 e. The van der Waals surface area contributed by atoms with E-state index in [1.165, 1.54) is 17.3 Å². The molecule has 0 heterocycles. The number of aliphatic imine (C=N–C) groups is 1. The molecule has 0 aromatic heterocycles. The zero-order chi connectivity index (χ0) is 14.2. The predicted octanol–water partition coefficient (Wildman–Crippen LogP) is 4.24.